The van der Waals surface area contributed by atoms with Crippen LogP contribution in [-0.2, 0) is 26.3 Å². The van der Waals surface area contributed by atoms with Gasteiger partial charge in [-0.3, -0.25) is 4.98 Å². The lowest BCUT2D eigenvalue weighted by atomic mass is 10.1. The number of rotatable bonds is 4. The molecule has 0 radical (unpaired) electrons. The van der Waals surface area contributed by atoms with E-state index in [2.05, 4.69) is 38.8 Å². The second-order valence-corrected chi connectivity index (χ2v) is 12.1. The van der Waals surface area contributed by atoms with E-state index in [1.807, 2.05) is 19.1 Å². The third-order valence-corrected chi connectivity index (χ3v) is 9.01. The van der Waals surface area contributed by atoms with Crippen LogP contribution in [0.25, 0.3) is 0 Å². The van der Waals surface area contributed by atoms with Crippen LogP contribution in [0.4, 0.5) is 0 Å². The van der Waals surface area contributed by atoms with Gasteiger partial charge in [-0.25, -0.2) is 0 Å². The van der Waals surface area contributed by atoms with Gasteiger partial charge in [0.1, 0.15) is 0 Å². The molecule has 1 saturated heterocycles. The van der Waals surface area contributed by atoms with Gasteiger partial charge in [0.05, 0.1) is 25.5 Å². The largest absolute Gasteiger partial charge is 0.413 e. The maximum absolute atomic E-state index is 6.26. The van der Waals surface area contributed by atoms with Crippen LogP contribution in [0.5, 0.6) is 0 Å². The quantitative estimate of drug-likeness (QED) is 0.793. The van der Waals surface area contributed by atoms with Crippen molar-refractivity contribution in [2.45, 2.75) is 58.2 Å². The molecule has 1 aromatic rings. The number of ether oxygens (including phenoxy) is 2. The summed E-state index contributed by atoms with van der Waals surface area (Å²) in [4.78, 5) is 4.39. The van der Waals surface area contributed by atoms with Gasteiger partial charge < -0.3 is 13.9 Å². The highest BCUT2D eigenvalue weighted by molar-refractivity contribution is 6.74. The molecule has 0 atom stereocenters. The Labute approximate surface area is 129 Å². The third-order valence-electron chi connectivity index (χ3n) is 4.53. The normalized spacial score (nSPS) is 19.0. The van der Waals surface area contributed by atoms with E-state index in [1.54, 1.807) is 6.20 Å². The second-order valence-electron chi connectivity index (χ2n) is 7.24. The summed E-state index contributed by atoms with van der Waals surface area (Å²) in [6.45, 7) is 15.0. The molecule has 1 aliphatic rings. The number of hydrogen-bond donors (Lipinski definition) is 0. The maximum atomic E-state index is 6.26. The van der Waals surface area contributed by atoms with Gasteiger partial charge >= 0.3 is 0 Å². The summed E-state index contributed by atoms with van der Waals surface area (Å²) in [6.07, 6.45) is 1.80. The molecule has 0 unspecified atom stereocenters. The molecule has 0 bridgehead atoms. The molecule has 0 saturated carbocycles. The summed E-state index contributed by atoms with van der Waals surface area (Å²) in [5.74, 6) is -0.715. The van der Waals surface area contributed by atoms with E-state index in [0.717, 1.165) is 11.3 Å². The Morgan fingerprint density at radius 1 is 1.29 bits per heavy atom. The van der Waals surface area contributed by atoms with E-state index in [-0.39, 0.29) is 5.04 Å². The van der Waals surface area contributed by atoms with Gasteiger partial charge in [0.25, 0.3) is 0 Å². The minimum absolute atomic E-state index is 0.215. The molecule has 0 spiro atoms. The zero-order valence-electron chi connectivity index (χ0n) is 14.0. The van der Waals surface area contributed by atoms with E-state index >= 15 is 0 Å². The molecule has 118 valence electrons. The summed E-state index contributed by atoms with van der Waals surface area (Å²) < 4.78 is 17.6. The predicted octanol–water partition coefficient (Wildman–Crippen LogP) is 3.82. The van der Waals surface area contributed by atoms with Gasteiger partial charge in [-0.05, 0) is 42.8 Å². The highest BCUT2D eigenvalue weighted by Gasteiger charge is 2.37. The molecule has 0 N–H and O–H groups in total. The van der Waals surface area contributed by atoms with E-state index in [4.69, 9.17) is 13.9 Å². The summed E-state index contributed by atoms with van der Waals surface area (Å²) >= 11 is 0. The lowest BCUT2D eigenvalue weighted by Gasteiger charge is -2.36. The molecule has 1 fully saturated rings. The van der Waals surface area contributed by atoms with Crippen molar-refractivity contribution in [3.05, 3.63) is 29.6 Å². The van der Waals surface area contributed by atoms with Gasteiger partial charge in [0.2, 0.25) is 5.79 Å². The first-order chi connectivity index (χ1) is 9.64. The Balaban J connectivity index is 2.09. The molecular weight excluding hydrogens is 282 g/mol. The first kappa shape index (κ1) is 16.6. The van der Waals surface area contributed by atoms with Crippen LogP contribution in [0.2, 0.25) is 18.1 Å². The SMILES string of the molecule is CC1(c2cc(CO[Si](C)(C)C(C)(C)C)ccn2)OCCO1. The van der Waals surface area contributed by atoms with Crippen molar-refractivity contribution in [3.8, 4) is 0 Å². The van der Waals surface area contributed by atoms with Gasteiger partial charge in [0, 0.05) is 6.20 Å². The topological polar surface area (TPSA) is 40.6 Å². The lowest BCUT2D eigenvalue weighted by molar-refractivity contribution is -0.152. The fourth-order valence-corrected chi connectivity index (χ4v) is 2.92. The van der Waals surface area contributed by atoms with Crippen LogP contribution < -0.4 is 0 Å². The van der Waals surface area contributed by atoms with Crippen molar-refractivity contribution >= 4 is 8.32 Å². The van der Waals surface area contributed by atoms with Crippen LogP contribution in [-0.4, -0.2) is 26.5 Å². The number of nitrogens with zero attached hydrogens (tertiary/aromatic N) is 1. The van der Waals surface area contributed by atoms with Crippen molar-refractivity contribution < 1.29 is 13.9 Å². The molecule has 4 nitrogen and oxygen atoms in total. The minimum Gasteiger partial charge on any atom is -0.413 e. The summed E-state index contributed by atoms with van der Waals surface area (Å²) in [5.41, 5.74) is 1.93. The van der Waals surface area contributed by atoms with Crippen LogP contribution in [0, 0.1) is 0 Å². The molecule has 1 aliphatic heterocycles. The lowest BCUT2D eigenvalue weighted by Crippen LogP contribution is -2.40. The van der Waals surface area contributed by atoms with E-state index in [0.29, 0.717) is 19.8 Å². The Morgan fingerprint density at radius 2 is 1.90 bits per heavy atom. The smallest absolute Gasteiger partial charge is 0.209 e. The van der Waals surface area contributed by atoms with E-state index in [1.165, 1.54) is 0 Å². The van der Waals surface area contributed by atoms with Gasteiger partial charge in [0.15, 0.2) is 8.32 Å². The average Bonchev–Trinajstić information content (AvgIpc) is 2.84. The maximum Gasteiger partial charge on any atom is 0.209 e. The first-order valence-electron chi connectivity index (χ1n) is 7.51. The Morgan fingerprint density at radius 3 is 2.48 bits per heavy atom. The highest BCUT2D eigenvalue weighted by atomic mass is 28.4. The monoisotopic (exact) mass is 309 g/mol. The fourth-order valence-electron chi connectivity index (χ4n) is 1.96. The zero-order valence-corrected chi connectivity index (χ0v) is 15.0. The first-order valence-corrected chi connectivity index (χ1v) is 10.4. The van der Waals surface area contributed by atoms with Crippen molar-refractivity contribution in [2.75, 3.05) is 13.2 Å². The zero-order chi connectivity index (χ0) is 15.7. The molecule has 2 heterocycles. The predicted molar refractivity (Wildman–Crippen MR) is 85.5 cm³/mol. The molecule has 5 heteroatoms. The summed E-state index contributed by atoms with van der Waals surface area (Å²) in [7, 11) is -1.74. The number of hydrogen-bond acceptors (Lipinski definition) is 4. The second kappa shape index (κ2) is 5.80. The molecular formula is C16H27NO3Si. The molecule has 0 amide bonds. The van der Waals surface area contributed by atoms with E-state index < -0.39 is 14.1 Å². The third kappa shape index (κ3) is 3.72. The van der Waals surface area contributed by atoms with Crippen molar-refractivity contribution in [1.29, 1.82) is 0 Å². The van der Waals surface area contributed by atoms with Crippen LogP contribution in [0.1, 0.15) is 39.0 Å². The fraction of sp³-hybridized carbons (Fsp3) is 0.688. The van der Waals surface area contributed by atoms with Crippen molar-refractivity contribution in [3.63, 3.8) is 0 Å². The Kier molecular flexibility index (Phi) is 4.59. The summed E-state index contributed by atoms with van der Waals surface area (Å²) in [6, 6.07) is 4.02. The number of pyridine rings is 1. The van der Waals surface area contributed by atoms with Gasteiger partial charge in [-0.15, -0.1) is 0 Å². The van der Waals surface area contributed by atoms with Gasteiger partial charge in [-0.1, -0.05) is 20.8 Å². The van der Waals surface area contributed by atoms with Crippen molar-refractivity contribution in [1.82, 2.24) is 4.98 Å². The van der Waals surface area contributed by atoms with Crippen molar-refractivity contribution in [2.24, 2.45) is 0 Å². The van der Waals surface area contributed by atoms with E-state index in [9.17, 15) is 0 Å². The Hall–Kier alpha value is -0.753. The number of aromatic nitrogens is 1. The minimum atomic E-state index is -1.74. The summed E-state index contributed by atoms with van der Waals surface area (Å²) in [5, 5.41) is 0.215. The molecule has 0 aromatic carbocycles. The van der Waals surface area contributed by atoms with Crippen LogP contribution in [0.3, 0.4) is 0 Å². The molecule has 2 rings (SSSR count). The molecule has 1 aromatic heterocycles. The van der Waals surface area contributed by atoms with Crippen LogP contribution in [0.15, 0.2) is 18.3 Å². The van der Waals surface area contributed by atoms with Gasteiger partial charge in [-0.2, -0.15) is 0 Å². The highest BCUT2D eigenvalue weighted by Crippen LogP contribution is 2.37. The Bertz CT molecular complexity index is 491. The molecule has 0 aliphatic carbocycles. The standard InChI is InChI=1S/C16H27NO3Si/c1-15(2,3)21(5,6)20-12-13-7-8-17-14(11-13)16(4)18-9-10-19-16/h7-8,11H,9-10,12H2,1-6H3. The average molecular weight is 309 g/mol. The molecule has 21 heavy (non-hydrogen) atoms. The van der Waals surface area contributed by atoms with Crippen LogP contribution >= 0.6 is 0 Å².